The maximum absolute atomic E-state index is 11.7. The van der Waals surface area contributed by atoms with Gasteiger partial charge in [-0.05, 0) is 19.3 Å². The minimum atomic E-state index is -2.70. The third kappa shape index (κ3) is 4.54. The van der Waals surface area contributed by atoms with Gasteiger partial charge in [-0.1, -0.05) is 38.2 Å². The summed E-state index contributed by atoms with van der Waals surface area (Å²) in [7, 11) is 0. The van der Waals surface area contributed by atoms with Crippen LogP contribution in [0.25, 0.3) is 0 Å². The highest BCUT2D eigenvalue weighted by Gasteiger charge is 2.64. The van der Waals surface area contributed by atoms with Crippen molar-refractivity contribution in [2.75, 3.05) is 0 Å². The Morgan fingerprint density at radius 3 is 2.22 bits per heavy atom. The Bertz CT molecular complexity index is 459. The summed E-state index contributed by atoms with van der Waals surface area (Å²) in [6.07, 6.45) is 6.34. The molecule has 0 amide bonds. The van der Waals surface area contributed by atoms with E-state index >= 15 is 0 Å². The minimum absolute atomic E-state index is 0.0953. The first-order chi connectivity index (χ1) is 10.9. The van der Waals surface area contributed by atoms with Crippen molar-refractivity contribution in [1.29, 1.82) is 0 Å². The molecule has 1 aliphatic heterocycles. The maximum Gasteiger partial charge on any atom is 0.348 e. The number of unbranched alkanes of at least 4 members (excludes halogenated alkanes) is 6. The molecule has 0 saturated carbocycles. The molecule has 0 unspecified atom stereocenters. The van der Waals surface area contributed by atoms with Crippen molar-refractivity contribution in [3.63, 3.8) is 0 Å². The fraction of sp³-hybridized carbons (Fsp3) is 0.688. The van der Waals surface area contributed by atoms with Crippen LogP contribution in [0.5, 0.6) is 0 Å². The zero-order valence-corrected chi connectivity index (χ0v) is 13.1. The molecule has 1 heterocycles. The van der Waals surface area contributed by atoms with Gasteiger partial charge in [0.25, 0.3) is 0 Å². The van der Waals surface area contributed by atoms with Crippen molar-refractivity contribution in [2.45, 2.75) is 63.1 Å². The number of carboxylic acids is 2. The predicted octanol–water partition coefficient (Wildman–Crippen LogP) is 1.74. The van der Waals surface area contributed by atoms with Crippen molar-refractivity contribution in [1.82, 2.24) is 0 Å². The van der Waals surface area contributed by atoms with Gasteiger partial charge < -0.3 is 20.1 Å². The number of hydrogen-bond donors (Lipinski definition) is 3. The van der Waals surface area contributed by atoms with Crippen LogP contribution < -0.4 is 0 Å². The Labute approximate surface area is 134 Å². The predicted molar refractivity (Wildman–Crippen MR) is 80.7 cm³/mol. The number of carbonyl (C=O) groups is 3. The van der Waals surface area contributed by atoms with Crippen molar-refractivity contribution in [2.24, 2.45) is 5.92 Å². The highest BCUT2D eigenvalue weighted by Crippen LogP contribution is 2.36. The summed E-state index contributed by atoms with van der Waals surface area (Å²) in [6, 6.07) is 0. The van der Waals surface area contributed by atoms with Crippen LogP contribution in [0.4, 0.5) is 0 Å². The largest absolute Gasteiger partial charge is 0.479 e. The summed E-state index contributed by atoms with van der Waals surface area (Å²) < 4.78 is 4.56. The SMILES string of the molecule is C=CCCCCCCCC[C@H]1C(=O)O[C@H](C(=O)O)[C@]1(O)C(=O)O. The molecule has 0 aromatic carbocycles. The normalized spacial score (nSPS) is 26.7. The molecule has 3 N–H and O–H groups in total. The van der Waals surface area contributed by atoms with Gasteiger partial charge in [0.2, 0.25) is 11.7 Å². The lowest BCUT2D eigenvalue weighted by Gasteiger charge is -2.24. The quantitative estimate of drug-likeness (QED) is 0.300. The van der Waals surface area contributed by atoms with E-state index in [0.717, 1.165) is 38.5 Å². The molecule has 0 aromatic heterocycles. The van der Waals surface area contributed by atoms with Gasteiger partial charge >= 0.3 is 17.9 Å². The summed E-state index contributed by atoms with van der Waals surface area (Å²) in [5, 5.41) is 28.3. The van der Waals surface area contributed by atoms with Gasteiger partial charge in [0.1, 0.15) is 5.92 Å². The number of hydrogen-bond acceptors (Lipinski definition) is 5. The van der Waals surface area contributed by atoms with Gasteiger partial charge in [-0.25, -0.2) is 9.59 Å². The number of carboxylic acid groups (broad SMARTS) is 2. The summed E-state index contributed by atoms with van der Waals surface area (Å²) >= 11 is 0. The molecule has 0 aliphatic carbocycles. The van der Waals surface area contributed by atoms with Crippen LogP contribution in [-0.4, -0.2) is 44.9 Å². The van der Waals surface area contributed by atoms with Crippen molar-refractivity contribution < 1.29 is 34.4 Å². The first-order valence-electron chi connectivity index (χ1n) is 7.85. The van der Waals surface area contributed by atoms with Crippen LogP contribution in [0.15, 0.2) is 12.7 Å². The molecule has 0 bridgehead atoms. The van der Waals surface area contributed by atoms with E-state index in [0.29, 0.717) is 6.42 Å². The van der Waals surface area contributed by atoms with Gasteiger partial charge in [0, 0.05) is 0 Å². The second-order valence-electron chi connectivity index (χ2n) is 5.83. The average Bonchev–Trinajstić information content (AvgIpc) is 2.75. The lowest BCUT2D eigenvalue weighted by molar-refractivity contribution is -0.179. The molecule has 23 heavy (non-hydrogen) atoms. The third-order valence-corrected chi connectivity index (χ3v) is 4.17. The van der Waals surface area contributed by atoms with Crippen molar-refractivity contribution >= 4 is 17.9 Å². The number of cyclic esters (lactones) is 1. The zero-order valence-electron chi connectivity index (χ0n) is 13.1. The smallest absolute Gasteiger partial charge is 0.348 e. The summed E-state index contributed by atoms with van der Waals surface area (Å²) in [4.78, 5) is 34.0. The lowest BCUT2D eigenvalue weighted by atomic mass is 9.82. The van der Waals surface area contributed by atoms with Crippen LogP contribution in [0, 0.1) is 5.92 Å². The molecule has 0 radical (unpaired) electrons. The average molecular weight is 328 g/mol. The topological polar surface area (TPSA) is 121 Å². The van der Waals surface area contributed by atoms with Crippen LogP contribution >= 0.6 is 0 Å². The van der Waals surface area contributed by atoms with E-state index in [9.17, 15) is 19.5 Å². The first-order valence-corrected chi connectivity index (χ1v) is 7.85. The van der Waals surface area contributed by atoms with Gasteiger partial charge in [0.15, 0.2) is 0 Å². The Morgan fingerprint density at radius 1 is 1.13 bits per heavy atom. The number of rotatable bonds is 11. The first kappa shape index (κ1) is 19.2. The van der Waals surface area contributed by atoms with Crippen LogP contribution in [0.3, 0.4) is 0 Å². The van der Waals surface area contributed by atoms with Crippen LogP contribution in [-0.2, 0) is 19.1 Å². The zero-order chi connectivity index (χ0) is 17.5. The molecule has 7 nitrogen and oxygen atoms in total. The molecular formula is C16H24O7. The Kier molecular flexibility index (Phi) is 7.22. The number of allylic oxidation sites excluding steroid dienone is 1. The molecule has 130 valence electrons. The summed E-state index contributed by atoms with van der Waals surface area (Å²) in [5.41, 5.74) is -2.70. The molecule has 1 fully saturated rings. The van der Waals surface area contributed by atoms with E-state index in [-0.39, 0.29) is 6.42 Å². The molecule has 0 spiro atoms. The number of aliphatic hydroxyl groups is 1. The molecule has 1 rings (SSSR count). The van der Waals surface area contributed by atoms with Crippen molar-refractivity contribution in [3.05, 3.63) is 12.7 Å². The summed E-state index contributed by atoms with van der Waals surface area (Å²) in [6.45, 7) is 3.65. The maximum atomic E-state index is 11.7. The van der Waals surface area contributed by atoms with Crippen LogP contribution in [0.1, 0.15) is 51.4 Å². The van der Waals surface area contributed by atoms with E-state index in [1.165, 1.54) is 0 Å². The number of aliphatic carboxylic acids is 2. The monoisotopic (exact) mass is 328 g/mol. The fourth-order valence-electron chi connectivity index (χ4n) is 2.83. The van der Waals surface area contributed by atoms with E-state index in [1.807, 2.05) is 6.08 Å². The van der Waals surface area contributed by atoms with Gasteiger partial charge in [-0.15, -0.1) is 6.58 Å². The Balaban J connectivity index is 2.48. The second kappa shape index (κ2) is 8.67. The van der Waals surface area contributed by atoms with Gasteiger partial charge in [0.05, 0.1) is 0 Å². The Hall–Kier alpha value is -1.89. The van der Waals surface area contributed by atoms with E-state index in [2.05, 4.69) is 11.3 Å². The summed E-state index contributed by atoms with van der Waals surface area (Å²) in [5.74, 6) is -5.71. The molecular weight excluding hydrogens is 304 g/mol. The number of esters is 1. The second-order valence-corrected chi connectivity index (χ2v) is 5.83. The third-order valence-electron chi connectivity index (χ3n) is 4.17. The standard InChI is InChI=1S/C16H24O7/c1-2-3-4-5-6-7-8-9-10-11-14(19)23-12(13(17)18)16(11,22)15(20)21/h2,11-12,22H,1,3-10H2,(H,17,18)(H,20,21)/t11-,12+,16-/m0/s1. The van der Waals surface area contributed by atoms with Gasteiger partial charge in [-0.3, -0.25) is 4.79 Å². The van der Waals surface area contributed by atoms with E-state index in [1.54, 1.807) is 0 Å². The lowest BCUT2D eigenvalue weighted by Crippen LogP contribution is -2.54. The Morgan fingerprint density at radius 2 is 1.70 bits per heavy atom. The van der Waals surface area contributed by atoms with E-state index in [4.69, 9.17) is 10.2 Å². The molecule has 7 heteroatoms. The minimum Gasteiger partial charge on any atom is -0.479 e. The number of carbonyl (C=O) groups excluding carboxylic acids is 1. The van der Waals surface area contributed by atoms with Gasteiger partial charge in [-0.2, -0.15) is 0 Å². The van der Waals surface area contributed by atoms with Crippen LogP contribution in [0.2, 0.25) is 0 Å². The highest BCUT2D eigenvalue weighted by atomic mass is 16.6. The fourth-order valence-corrected chi connectivity index (χ4v) is 2.83. The molecule has 3 atom stereocenters. The van der Waals surface area contributed by atoms with Crippen molar-refractivity contribution in [3.8, 4) is 0 Å². The molecule has 1 saturated heterocycles. The molecule has 1 aliphatic rings. The molecule has 0 aromatic rings. The van der Waals surface area contributed by atoms with E-state index < -0.39 is 35.5 Å². The number of ether oxygens (including phenoxy) is 1. The highest BCUT2D eigenvalue weighted by molar-refractivity contribution is 5.97.